The average molecular weight is 471 g/mol. The Morgan fingerprint density at radius 1 is 1.09 bits per heavy atom. The minimum Gasteiger partial charge on any atom is -0.497 e. The summed E-state index contributed by atoms with van der Waals surface area (Å²) in [5.74, 6) is 1.30. The number of piperidine rings is 1. The Kier molecular flexibility index (Phi) is 6.70. The van der Waals surface area contributed by atoms with E-state index in [1.54, 1.807) is 43.5 Å². The molecular weight excluding hydrogens is 444 g/mol. The van der Waals surface area contributed by atoms with Crippen molar-refractivity contribution < 1.29 is 17.9 Å². The lowest BCUT2D eigenvalue weighted by atomic mass is 10.0. The highest BCUT2D eigenvalue weighted by atomic mass is 32.2. The first kappa shape index (κ1) is 22.9. The summed E-state index contributed by atoms with van der Waals surface area (Å²) in [6, 6.07) is 13.4. The van der Waals surface area contributed by atoms with E-state index in [2.05, 4.69) is 27.7 Å². The molecule has 0 saturated carbocycles. The van der Waals surface area contributed by atoms with Crippen LogP contribution in [0, 0.1) is 5.92 Å². The number of tetrazole rings is 1. The van der Waals surface area contributed by atoms with Crippen LogP contribution < -0.4 is 10.1 Å². The molecule has 1 aromatic heterocycles. The molecule has 0 unspecified atom stereocenters. The number of methoxy groups -OCH3 is 1. The second-order valence-electron chi connectivity index (χ2n) is 8.03. The minimum atomic E-state index is -3.53. The highest BCUT2D eigenvalue weighted by Crippen LogP contribution is 2.24. The molecule has 0 atom stereocenters. The number of sulfonamides is 1. The van der Waals surface area contributed by atoms with E-state index in [9.17, 15) is 13.2 Å². The van der Waals surface area contributed by atoms with Crippen molar-refractivity contribution in [3.8, 4) is 17.1 Å². The molecule has 0 bridgehead atoms. The van der Waals surface area contributed by atoms with E-state index in [1.807, 2.05) is 0 Å². The molecular formula is C22H26N6O4S. The molecule has 2 aromatic carbocycles. The first-order valence-corrected chi connectivity index (χ1v) is 12.1. The number of hydrogen-bond donors (Lipinski definition) is 1. The quantitative estimate of drug-likeness (QED) is 0.563. The van der Waals surface area contributed by atoms with Crippen LogP contribution in [0.5, 0.6) is 5.75 Å². The van der Waals surface area contributed by atoms with Crippen LogP contribution in [0.2, 0.25) is 0 Å². The summed E-state index contributed by atoms with van der Waals surface area (Å²) in [6.07, 6.45) is 1.73. The van der Waals surface area contributed by atoms with Gasteiger partial charge in [0.1, 0.15) is 12.3 Å². The van der Waals surface area contributed by atoms with E-state index in [-0.39, 0.29) is 17.3 Å². The number of carbonyl (C=O) groups excluding carboxylic acids is 1. The molecule has 1 fully saturated rings. The van der Waals surface area contributed by atoms with Crippen LogP contribution in [0.25, 0.3) is 11.4 Å². The number of benzene rings is 2. The molecule has 174 valence electrons. The molecule has 1 amide bonds. The van der Waals surface area contributed by atoms with Crippen molar-refractivity contribution in [2.75, 3.05) is 25.5 Å². The molecule has 1 aliphatic rings. The number of nitrogens with zero attached hydrogens (tertiary/aromatic N) is 5. The monoisotopic (exact) mass is 470 g/mol. The van der Waals surface area contributed by atoms with Crippen molar-refractivity contribution in [3.63, 3.8) is 0 Å². The Morgan fingerprint density at radius 3 is 2.39 bits per heavy atom. The van der Waals surface area contributed by atoms with Crippen LogP contribution in [0.1, 0.15) is 19.8 Å². The van der Waals surface area contributed by atoms with Gasteiger partial charge in [-0.2, -0.15) is 9.10 Å². The van der Waals surface area contributed by atoms with E-state index in [1.165, 1.54) is 21.2 Å². The van der Waals surface area contributed by atoms with E-state index in [4.69, 9.17) is 4.74 Å². The fourth-order valence-corrected chi connectivity index (χ4v) is 5.05. The summed E-state index contributed by atoms with van der Waals surface area (Å²) in [4.78, 5) is 13.8. The zero-order valence-electron chi connectivity index (χ0n) is 18.5. The smallest absolute Gasteiger partial charge is 0.248 e. The van der Waals surface area contributed by atoms with Crippen LogP contribution in [0.15, 0.2) is 53.4 Å². The van der Waals surface area contributed by atoms with E-state index in [0.29, 0.717) is 30.5 Å². The van der Waals surface area contributed by atoms with Crippen molar-refractivity contribution in [1.29, 1.82) is 0 Å². The third-order valence-electron chi connectivity index (χ3n) is 5.60. The van der Waals surface area contributed by atoms with Gasteiger partial charge in [0.05, 0.1) is 12.0 Å². The lowest BCUT2D eigenvalue weighted by molar-refractivity contribution is -0.117. The summed E-state index contributed by atoms with van der Waals surface area (Å²) in [6.45, 7) is 3.07. The number of nitrogens with one attached hydrogen (secondary N) is 1. The third-order valence-corrected chi connectivity index (χ3v) is 7.52. The fraction of sp³-hybridized carbons (Fsp3) is 0.364. The topological polar surface area (TPSA) is 119 Å². The number of anilines is 1. The number of rotatable bonds is 7. The van der Waals surface area contributed by atoms with Crippen molar-refractivity contribution >= 4 is 21.6 Å². The second-order valence-corrected chi connectivity index (χ2v) is 9.97. The van der Waals surface area contributed by atoms with Crippen molar-refractivity contribution in [1.82, 2.24) is 24.5 Å². The van der Waals surface area contributed by atoms with E-state index < -0.39 is 10.0 Å². The van der Waals surface area contributed by atoms with Crippen molar-refractivity contribution in [2.45, 2.75) is 31.2 Å². The maximum Gasteiger partial charge on any atom is 0.248 e. The number of ether oxygens (including phenoxy) is 1. The predicted octanol–water partition coefficient (Wildman–Crippen LogP) is 2.41. The van der Waals surface area contributed by atoms with Gasteiger partial charge in [-0.15, -0.1) is 10.2 Å². The number of carbonyl (C=O) groups is 1. The SMILES string of the molecule is COc1ccc(-c2nnn(CC(=O)Nc3ccc(S(=O)(=O)N4CCC(C)CC4)cc3)n2)cc1. The first-order chi connectivity index (χ1) is 15.8. The molecule has 3 aromatic rings. The molecule has 33 heavy (non-hydrogen) atoms. The number of hydrogen-bond acceptors (Lipinski definition) is 7. The maximum atomic E-state index is 12.8. The molecule has 10 nitrogen and oxygen atoms in total. The normalized spacial score (nSPS) is 15.3. The Morgan fingerprint density at radius 2 is 1.76 bits per heavy atom. The second kappa shape index (κ2) is 9.67. The van der Waals surface area contributed by atoms with Crippen molar-refractivity contribution in [2.24, 2.45) is 5.92 Å². The molecule has 0 radical (unpaired) electrons. The lowest BCUT2D eigenvalue weighted by Gasteiger charge is -2.29. The molecule has 1 saturated heterocycles. The van der Waals surface area contributed by atoms with Crippen LogP contribution in [-0.2, 0) is 21.4 Å². The third kappa shape index (κ3) is 5.37. The lowest BCUT2D eigenvalue weighted by Crippen LogP contribution is -2.37. The van der Waals surface area contributed by atoms with Gasteiger partial charge in [0.2, 0.25) is 21.8 Å². The molecule has 1 aliphatic heterocycles. The van der Waals surface area contributed by atoms with Crippen molar-refractivity contribution in [3.05, 3.63) is 48.5 Å². The molecule has 1 N–H and O–H groups in total. The van der Waals surface area contributed by atoms with Crippen LogP contribution in [0.3, 0.4) is 0 Å². The van der Waals surface area contributed by atoms with Gasteiger partial charge in [0.15, 0.2) is 0 Å². The Labute approximate surface area is 192 Å². The largest absolute Gasteiger partial charge is 0.497 e. The number of aromatic nitrogens is 4. The van der Waals surface area contributed by atoms with Crippen LogP contribution >= 0.6 is 0 Å². The van der Waals surface area contributed by atoms with Gasteiger partial charge in [-0.1, -0.05) is 6.92 Å². The average Bonchev–Trinajstić information content (AvgIpc) is 3.28. The molecule has 0 aliphatic carbocycles. The Balaban J connectivity index is 1.36. The summed E-state index contributed by atoms with van der Waals surface area (Å²) in [5.41, 5.74) is 1.24. The molecule has 4 rings (SSSR count). The standard InChI is InChI=1S/C22H26N6O4S/c1-16-11-13-27(14-12-16)33(30,31)20-9-5-18(6-10-20)23-21(29)15-28-25-22(24-26-28)17-3-7-19(32-2)8-4-17/h3-10,16H,11-15H2,1-2H3,(H,23,29). The minimum absolute atomic E-state index is 0.130. The fourth-order valence-electron chi connectivity index (χ4n) is 3.58. The van der Waals surface area contributed by atoms with E-state index >= 15 is 0 Å². The summed E-state index contributed by atoms with van der Waals surface area (Å²) < 4.78 is 32.3. The first-order valence-electron chi connectivity index (χ1n) is 10.7. The van der Waals surface area contributed by atoms with Gasteiger partial charge in [-0.3, -0.25) is 4.79 Å². The summed E-state index contributed by atoms with van der Waals surface area (Å²) in [7, 11) is -1.94. The molecule has 11 heteroatoms. The van der Waals surface area contributed by atoms with Gasteiger partial charge in [0, 0.05) is 24.3 Å². The van der Waals surface area contributed by atoms with E-state index in [0.717, 1.165) is 24.2 Å². The predicted molar refractivity (Wildman–Crippen MR) is 122 cm³/mol. The maximum absolute atomic E-state index is 12.8. The van der Waals surface area contributed by atoms with Gasteiger partial charge in [-0.05, 0) is 72.5 Å². The van der Waals surface area contributed by atoms with Gasteiger partial charge < -0.3 is 10.1 Å². The zero-order valence-corrected chi connectivity index (χ0v) is 19.3. The zero-order chi connectivity index (χ0) is 23.4. The van der Waals surface area contributed by atoms with Crippen LogP contribution in [-0.4, -0.2) is 59.0 Å². The molecule has 2 heterocycles. The highest BCUT2D eigenvalue weighted by Gasteiger charge is 2.27. The summed E-state index contributed by atoms with van der Waals surface area (Å²) >= 11 is 0. The summed E-state index contributed by atoms with van der Waals surface area (Å²) in [5, 5.41) is 14.9. The molecule has 0 spiro atoms. The Bertz CT molecular complexity index is 1200. The van der Waals surface area contributed by atoms with Gasteiger partial charge in [0.25, 0.3) is 0 Å². The van der Waals surface area contributed by atoms with Gasteiger partial charge >= 0.3 is 0 Å². The van der Waals surface area contributed by atoms with Gasteiger partial charge in [-0.25, -0.2) is 8.42 Å². The Hall–Kier alpha value is -3.31. The van der Waals surface area contributed by atoms with Crippen LogP contribution in [0.4, 0.5) is 5.69 Å². The number of amides is 1. The highest BCUT2D eigenvalue weighted by molar-refractivity contribution is 7.89.